The van der Waals surface area contributed by atoms with Crippen molar-refractivity contribution < 1.29 is 24.2 Å². The van der Waals surface area contributed by atoms with E-state index in [0.29, 0.717) is 12.8 Å². The fourth-order valence-electron chi connectivity index (χ4n) is 4.78. The van der Waals surface area contributed by atoms with Gasteiger partial charge in [-0.15, -0.1) is 0 Å². The molecule has 3 N–H and O–H groups in total. The summed E-state index contributed by atoms with van der Waals surface area (Å²) in [4.78, 5) is 39.9. The van der Waals surface area contributed by atoms with E-state index in [-0.39, 0.29) is 36.5 Å². The maximum absolute atomic E-state index is 13.2. The number of nitrogens with zero attached hydrogens (tertiary/aromatic N) is 1. The van der Waals surface area contributed by atoms with Crippen molar-refractivity contribution in [3.63, 3.8) is 0 Å². The molecule has 0 aromatic rings. The van der Waals surface area contributed by atoms with Gasteiger partial charge >= 0.3 is 0 Å². The van der Waals surface area contributed by atoms with Crippen LogP contribution < -0.4 is 10.6 Å². The predicted octanol–water partition coefficient (Wildman–Crippen LogP) is -0.988. The summed E-state index contributed by atoms with van der Waals surface area (Å²) in [5.74, 6) is -2.06. The Hall–Kier alpha value is -1.67. The largest absolute Gasteiger partial charge is 0.394 e. The summed E-state index contributed by atoms with van der Waals surface area (Å²) >= 11 is 0. The number of aliphatic hydroxyl groups is 1. The maximum atomic E-state index is 13.2. The van der Waals surface area contributed by atoms with E-state index in [2.05, 4.69) is 10.6 Å². The van der Waals surface area contributed by atoms with Crippen LogP contribution in [0, 0.1) is 11.8 Å². The van der Waals surface area contributed by atoms with Gasteiger partial charge in [-0.25, -0.2) is 0 Å². The van der Waals surface area contributed by atoms with Crippen molar-refractivity contribution in [3.05, 3.63) is 0 Å². The lowest BCUT2D eigenvalue weighted by Gasteiger charge is -2.35. The molecule has 3 heterocycles. The summed E-state index contributed by atoms with van der Waals surface area (Å²) in [6, 6.07) is -1.43. The van der Waals surface area contributed by atoms with Gasteiger partial charge in [0.25, 0.3) is 0 Å². The molecule has 0 radical (unpaired) electrons. The second-order valence-electron chi connectivity index (χ2n) is 7.61. The Labute approximate surface area is 147 Å². The zero-order chi connectivity index (χ0) is 18.5. The third-order valence-corrected chi connectivity index (χ3v) is 5.71. The Morgan fingerprint density at radius 2 is 2.04 bits per heavy atom. The molecule has 25 heavy (non-hydrogen) atoms. The zero-order valence-electron chi connectivity index (χ0n) is 15.1. The van der Waals surface area contributed by atoms with Crippen molar-refractivity contribution in [1.82, 2.24) is 15.5 Å². The average molecular weight is 353 g/mol. The first-order valence-electron chi connectivity index (χ1n) is 8.91. The highest BCUT2D eigenvalue weighted by molar-refractivity contribution is 5.99. The molecule has 0 aromatic carbocycles. The van der Waals surface area contributed by atoms with Crippen LogP contribution in [0.5, 0.6) is 0 Å². The summed E-state index contributed by atoms with van der Waals surface area (Å²) in [5.41, 5.74) is -0.985. The van der Waals surface area contributed by atoms with Crippen LogP contribution in [-0.4, -0.2) is 71.2 Å². The number of fused-ring (bicyclic) bond motifs is 1. The van der Waals surface area contributed by atoms with Crippen LogP contribution >= 0.6 is 0 Å². The lowest BCUT2D eigenvalue weighted by Crippen LogP contribution is -2.58. The summed E-state index contributed by atoms with van der Waals surface area (Å²) < 4.78 is 6.16. The van der Waals surface area contributed by atoms with Gasteiger partial charge in [-0.3, -0.25) is 14.4 Å². The molecule has 3 rings (SSSR count). The van der Waals surface area contributed by atoms with E-state index in [1.165, 1.54) is 11.9 Å². The SMILES string of the molecule is CNC(=O)[C@@H]1[C@@H]2CCC3(O2)C(C(=O)NC(C)C)N([C@H](C)CO)C(=O)[C@H]13. The molecule has 0 aliphatic carbocycles. The molecule has 2 unspecified atom stereocenters. The van der Waals surface area contributed by atoms with Crippen LogP contribution in [0.3, 0.4) is 0 Å². The van der Waals surface area contributed by atoms with E-state index in [1.807, 2.05) is 13.8 Å². The lowest BCUT2D eigenvalue weighted by molar-refractivity contribution is -0.145. The molecule has 0 aromatic heterocycles. The summed E-state index contributed by atoms with van der Waals surface area (Å²) in [7, 11) is 1.54. The minimum Gasteiger partial charge on any atom is -0.394 e. The number of carbonyl (C=O) groups excluding carboxylic acids is 3. The Morgan fingerprint density at radius 3 is 2.60 bits per heavy atom. The maximum Gasteiger partial charge on any atom is 0.246 e. The van der Waals surface area contributed by atoms with Crippen LogP contribution in [0.2, 0.25) is 0 Å². The molecule has 2 bridgehead atoms. The highest BCUT2D eigenvalue weighted by Crippen LogP contribution is 2.58. The number of aliphatic hydroxyl groups excluding tert-OH is 1. The number of ether oxygens (including phenoxy) is 1. The van der Waals surface area contributed by atoms with Crippen molar-refractivity contribution in [2.45, 2.75) is 63.4 Å². The van der Waals surface area contributed by atoms with Crippen molar-refractivity contribution in [2.24, 2.45) is 11.8 Å². The molecule has 3 amide bonds. The molecule has 3 aliphatic rings. The first-order valence-corrected chi connectivity index (χ1v) is 8.91. The van der Waals surface area contributed by atoms with Crippen LogP contribution in [0.15, 0.2) is 0 Å². The molecule has 3 saturated heterocycles. The first kappa shape index (κ1) is 18.1. The normalized spacial score (nSPS) is 37.4. The van der Waals surface area contributed by atoms with Gasteiger partial charge in [-0.05, 0) is 33.6 Å². The quantitative estimate of drug-likeness (QED) is 0.588. The van der Waals surface area contributed by atoms with E-state index in [0.717, 1.165) is 0 Å². The smallest absolute Gasteiger partial charge is 0.246 e. The van der Waals surface area contributed by atoms with Gasteiger partial charge in [0, 0.05) is 13.1 Å². The van der Waals surface area contributed by atoms with Crippen molar-refractivity contribution in [1.29, 1.82) is 0 Å². The summed E-state index contributed by atoms with van der Waals surface area (Å²) in [5, 5.41) is 15.1. The molecular weight excluding hydrogens is 326 g/mol. The molecular formula is C17H27N3O5. The summed E-state index contributed by atoms with van der Waals surface area (Å²) in [6.45, 7) is 5.15. The standard InChI is InChI=1S/C17H27N3O5/c1-8(2)19-15(23)13-17-6-5-10(25-17)11(14(22)18-4)12(17)16(24)20(13)9(3)7-21/h8-13,21H,5-7H2,1-4H3,(H,18,22)(H,19,23)/t9-,10+,11-,12+,13?,17?/m1/s1. The molecule has 3 aliphatic heterocycles. The molecule has 8 nitrogen and oxygen atoms in total. The molecule has 8 heteroatoms. The minimum atomic E-state index is -0.985. The monoisotopic (exact) mass is 353 g/mol. The average Bonchev–Trinajstić information content (AvgIpc) is 3.20. The third-order valence-electron chi connectivity index (χ3n) is 5.71. The highest BCUT2D eigenvalue weighted by Gasteiger charge is 2.74. The van der Waals surface area contributed by atoms with E-state index in [4.69, 9.17) is 4.74 Å². The lowest BCUT2D eigenvalue weighted by atomic mass is 9.70. The molecule has 6 atom stereocenters. The Morgan fingerprint density at radius 1 is 1.36 bits per heavy atom. The number of rotatable bonds is 5. The third kappa shape index (κ3) is 2.45. The van der Waals surface area contributed by atoms with Gasteiger partial charge in [0.05, 0.1) is 30.6 Å². The van der Waals surface area contributed by atoms with E-state index in [1.54, 1.807) is 6.92 Å². The highest BCUT2D eigenvalue weighted by atomic mass is 16.5. The van der Waals surface area contributed by atoms with Crippen LogP contribution in [0.4, 0.5) is 0 Å². The number of hydrogen-bond donors (Lipinski definition) is 3. The number of amides is 3. The zero-order valence-corrected chi connectivity index (χ0v) is 15.1. The van der Waals surface area contributed by atoms with Gasteiger partial charge in [-0.2, -0.15) is 0 Å². The van der Waals surface area contributed by atoms with Gasteiger partial charge in [0.1, 0.15) is 11.6 Å². The summed E-state index contributed by atoms with van der Waals surface area (Å²) in [6.07, 6.45) is 0.871. The fourth-order valence-corrected chi connectivity index (χ4v) is 4.78. The molecule has 140 valence electrons. The Bertz CT molecular complexity index is 595. The second kappa shape index (κ2) is 6.25. The Balaban J connectivity index is 2.04. The topological polar surface area (TPSA) is 108 Å². The van der Waals surface area contributed by atoms with Crippen LogP contribution in [-0.2, 0) is 19.1 Å². The molecule has 1 spiro atoms. The number of hydrogen-bond acceptors (Lipinski definition) is 5. The predicted molar refractivity (Wildman–Crippen MR) is 88.3 cm³/mol. The van der Waals surface area contributed by atoms with Crippen molar-refractivity contribution in [2.75, 3.05) is 13.7 Å². The van der Waals surface area contributed by atoms with Crippen LogP contribution in [0.25, 0.3) is 0 Å². The number of carbonyl (C=O) groups is 3. The van der Waals surface area contributed by atoms with Crippen molar-refractivity contribution >= 4 is 17.7 Å². The number of likely N-dealkylation sites (tertiary alicyclic amines) is 1. The van der Waals surface area contributed by atoms with Crippen LogP contribution in [0.1, 0.15) is 33.6 Å². The first-order chi connectivity index (χ1) is 11.8. The minimum absolute atomic E-state index is 0.0855. The molecule has 0 saturated carbocycles. The van der Waals surface area contributed by atoms with E-state index < -0.39 is 29.5 Å². The fraction of sp³-hybridized carbons (Fsp3) is 0.824. The van der Waals surface area contributed by atoms with Gasteiger partial charge in [-0.1, -0.05) is 0 Å². The molecule has 3 fully saturated rings. The van der Waals surface area contributed by atoms with E-state index in [9.17, 15) is 19.5 Å². The Kier molecular flexibility index (Phi) is 4.53. The van der Waals surface area contributed by atoms with E-state index >= 15 is 0 Å². The van der Waals surface area contributed by atoms with Gasteiger partial charge < -0.3 is 25.4 Å². The van der Waals surface area contributed by atoms with Gasteiger partial charge in [0.2, 0.25) is 17.7 Å². The van der Waals surface area contributed by atoms with Gasteiger partial charge in [0.15, 0.2) is 0 Å². The number of nitrogens with one attached hydrogen (secondary N) is 2. The van der Waals surface area contributed by atoms with Crippen molar-refractivity contribution in [3.8, 4) is 0 Å². The second-order valence-corrected chi connectivity index (χ2v) is 7.61.